The van der Waals surface area contributed by atoms with E-state index in [2.05, 4.69) is 25.4 Å². The molecule has 0 unspecified atom stereocenters. The van der Waals surface area contributed by atoms with E-state index in [-0.39, 0.29) is 11.7 Å². The van der Waals surface area contributed by atoms with Gasteiger partial charge < -0.3 is 4.90 Å². The Morgan fingerprint density at radius 1 is 1.12 bits per heavy atom. The number of benzene rings is 1. The first-order chi connectivity index (χ1) is 15.5. The lowest BCUT2D eigenvalue weighted by atomic mass is 10.2. The maximum atomic E-state index is 12.3. The van der Waals surface area contributed by atoms with Crippen LogP contribution in [0, 0.1) is 20.8 Å². The summed E-state index contributed by atoms with van der Waals surface area (Å²) in [6, 6.07) is 12.0. The van der Waals surface area contributed by atoms with Gasteiger partial charge in [-0.2, -0.15) is 10.2 Å². The highest BCUT2D eigenvalue weighted by Crippen LogP contribution is 2.29. The largest absolute Gasteiger partial charge is 0.356 e. The Hall–Kier alpha value is -3.20. The van der Waals surface area contributed by atoms with Gasteiger partial charge in [-0.25, -0.2) is 20.1 Å². The Morgan fingerprint density at radius 2 is 1.81 bits per heavy atom. The van der Waals surface area contributed by atoms with Crippen molar-refractivity contribution < 1.29 is 4.79 Å². The Bertz CT molecular complexity index is 1100. The number of para-hydroxylation sites is 1. The summed E-state index contributed by atoms with van der Waals surface area (Å²) >= 11 is 1.30. The van der Waals surface area contributed by atoms with Crippen LogP contribution >= 0.6 is 11.8 Å². The van der Waals surface area contributed by atoms with E-state index in [1.165, 1.54) is 11.8 Å². The SMILES string of the molecule is Cc1cc(C)nc(SCC(=O)N/N=C/c2c(C)nn(-c3ccccc3)c2N2CCCC2)n1. The van der Waals surface area contributed by atoms with Crippen LogP contribution in [0.2, 0.25) is 0 Å². The number of thioether (sulfide) groups is 1. The molecule has 0 atom stereocenters. The molecular weight excluding hydrogens is 422 g/mol. The van der Waals surface area contributed by atoms with Gasteiger partial charge in [-0.1, -0.05) is 30.0 Å². The van der Waals surface area contributed by atoms with Crippen LogP contribution < -0.4 is 10.3 Å². The van der Waals surface area contributed by atoms with Crippen LogP contribution in [0.4, 0.5) is 5.82 Å². The Kier molecular flexibility index (Phi) is 6.84. The summed E-state index contributed by atoms with van der Waals surface area (Å²) in [7, 11) is 0. The van der Waals surface area contributed by atoms with Crippen LogP contribution in [0.1, 0.15) is 35.5 Å². The Balaban J connectivity index is 1.48. The van der Waals surface area contributed by atoms with Gasteiger partial charge in [0, 0.05) is 24.5 Å². The number of hydrogen-bond donors (Lipinski definition) is 1. The van der Waals surface area contributed by atoms with Gasteiger partial charge in [-0.15, -0.1) is 0 Å². The van der Waals surface area contributed by atoms with E-state index in [0.717, 1.165) is 60.1 Å². The molecule has 0 radical (unpaired) electrons. The molecule has 9 heteroatoms. The molecule has 4 rings (SSSR count). The van der Waals surface area contributed by atoms with Crippen LogP contribution in [0.25, 0.3) is 5.69 Å². The van der Waals surface area contributed by atoms with Crippen LogP contribution in [-0.4, -0.2) is 50.7 Å². The second kappa shape index (κ2) is 9.95. The van der Waals surface area contributed by atoms with Gasteiger partial charge in [0.15, 0.2) is 5.16 Å². The predicted octanol–water partition coefficient (Wildman–Crippen LogP) is 3.43. The molecule has 8 nitrogen and oxygen atoms in total. The lowest BCUT2D eigenvalue weighted by molar-refractivity contribution is -0.118. The molecule has 166 valence electrons. The minimum atomic E-state index is -0.204. The molecule has 0 aliphatic carbocycles. The van der Waals surface area contributed by atoms with Crippen molar-refractivity contribution >= 4 is 29.7 Å². The van der Waals surface area contributed by atoms with E-state index in [4.69, 9.17) is 5.10 Å². The number of nitrogens with one attached hydrogen (secondary N) is 1. The standard InChI is InChI=1S/C23H27N7OS/c1-16-13-17(2)26-23(25-16)32-15-21(31)27-24-14-20-18(3)28-30(19-9-5-4-6-10-19)22(20)29-11-7-8-12-29/h4-6,9-10,13-14H,7-8,11-12,15H2,1-3H3,(H,27,31)/b24-14+. The number of aryl methyl sites for hydroxylation is 3. The number of carbonyl (C=O) groups is 1. The number of nitrogens with zero attached hydrogens (tertiary/aromatic N) is 6. The number of rotatable bonds is 7. The third kappa shape index (κ3) is 5.16. The molecule has 1 saturated heterocycles. The van der Waals surface area contributed by atoms with Gasteiger partial charge in [-0.3, -0.25) is 4.79 Å². The molecule has 0 saturated carbocycles. The topological polar surface area (TPSA) is 88.3 Å². The zero-order valence-electron chi connectivity index (χ0n) is 18.6. The maximum absolute atomic E-state index is 12.3. The molecule has 32 heavy (non-hydrogen) atoms. The van der Waals surface area contributed by atoms with Crippen molar-refractivity contribution in [3.63, 3.8) is 0 Å². The van der Waals surface area contributed by atoms with Crippen molar-refractivity contribution in [3.05, 3.63) is 59.0 Å². The van der Waals surface area contributed by atoms with Crippen molar-refractivity contribution in [2.24, 2.45) is 5.10 Å². The number of hydrogen-bond acceptors (Lipinski definition) is 7. The zero-order valence-corrected chi connectivity index (χ0v) is 19.4. The highest BCUT2D eigenvalue weighted by molar-refractivity contribution is 7.99. The van der Waals surface area contributed by atoms with Crippen molar-refractivity contribution in [1.82, 2.24) is 25.2 Å². The molecule has 1 aromatic carbocycles. The van der Waals surface area contributed by atoms with Gasteiger partial charge in [-0.05, 0) is 51.8 Å². The van der Waals surface area contributed by atoms with E-state index >= 15 is 0 Å². The number of anilines is 1. The molecule has 1 aliphatic rings. The summed E-state index contributed by atoms with van der Waals surface area (Å²) in [6.07, 6.45) is 4.01. The summed E-state index contributed by atoms with van der Waals surface area (Å²) in [4.78, 5) is 23.3. The van der Waals surface area contributed by atoms with Gasteiger partial charge in [0.1, 0.15) is 5.82 Å². The molecule has 0 spiro atoms. The molecule has 3 heterocycles. The van der Waals surface area contributed by atoms with E-state index in [1.54, 1.807) is 6.21 Å². The summed E-state index contributed by atoms with van der Waals surface area (Å²) in [6.45, 7) is 7.77. The van der Waals surface area contributed by atoms with Gasteiger partial charge >= 0.3 is 0 Å². The Morgan fingerprint density at radius 3 is 2.50 bits per heavy atom. The lowest BCUT2D eigenvalue weighted by Crippen LogP contribution is -2.23. The zero-order chi connectivity index (χ0) is 22.5. The molecule has 1 amide bonds. The normalized spacial score (nSPS) is 13.8. The van der Waals surface area contributed by atoms with Crippen molar-refractivity contribution in [2.45, 2.75) is 38.8 Å². The third-order valence-electron chi connectivity index (χ3n) is 5.16. The third-order valence-corrected chi connectivity index (χ3v) is 6.01. The second-order valence-corrected chi connectivity index (χ2v) is 8.72. The summed E-state index contributed by atoms with van der Waals surface area (Å²) in [5.41, 5.74) is 7.19. The minimum Gasteiger partial charge on any atom is -0.356 e. The van der Waals surface area contributed by atoms with Crippen molar-refractivity contribution in [2.75, 3.05) is 23.7 Å². The molecule has 3 aromatic rings. The summed E-state index contributed by atoms with van der Waals surface area (Å²) in [5, 5.41) is 9.59. The number of amides is 1. The molecule has 1 aliphatic heterocycles. The molecule has 2 aromatic heterocycles. The van der Waals surface area contributed by atoms with E-state index in [9.17, 15) is 4.79 Å². The summed E-state index contributed by atoms with van der Waals surface area (Å²) in [5.74, 6) is 1.01. The molecule has 1 fully saturated rings. The number of hydrazone groups is 1. The monoisotopic (exact) mass is 449 g/mol. The van der Waals surface area contributed by atoms with E-state index in [0.29, 0.717) is 5.16 Å². The minimum absolute atomic E-state index is 0.196. The molecular formula is C23H27N7OS. The number of carbonyl (C=O) groups excluding carboxylic acids is 1. The average Bonchev–Trinajstić information content (AvgIpc) is 3.40. The molecule has 0 bridgehead atoms. The van der Waals surface area contributed by atoms with Gasteiger partial charge in [0.05, 0.1) is 28.9 Å². The van der Waals surface area contributed by atoms with Crippen LogP contribution in [-0.2, 0) is 4.79 Å². The van der Waals surface area contributed by atoms with E-state index in [1.807, 2.05) is 61.9 Å². The fourth-order valence-electron chi connectivity index (χ4n) is 3.75. The predicted molar refractivity (Wildman–Crippen MR) is 128 cm³/mol. The van der Waals surface area contributed by atoms with Gasteiger partial charge in [0.25, 0.3) is 5.91 Å². The van der Waals surface area contributed by atoms with Crippen molar-refractivity contribution in [1.29, 1.82) is 0 Å². The Labute approximate surface area is 192 Å². The molecule has 1 N–H and O–H groups in total. The average molecular weight is 450 g/mol. The second-order valence-electron chi connectivity index (χ2n) is 7.78. The first-order valence-corrected chi connectivity index (χ1v) is 11.7. The van der Waals surface area contributed by atoms with Crippen LogP contribution in [0.15, 0.2) is 46.7 Å². The first kappa shape index (κ1) is 22.0. The first-order valence-electron chi connectivity index (χ1n) is 10.7. The summed E-state index contributed by atoms with van der Waals surface area (Å²) < 4.78 is 1.97. The van der Waals surface area contributed by atoms with E-state index < -0.39 is 0 Å². The lowest BCUT2D eigenvalue weighted by Gasteiger charge is -2.20. The van der Waals surface area contributed by atoms with Crippen LogP contribution in [0.3, 0.4) is 0 Å². The maximum Gasteiger partial charge on any atom is 0.250 e. The van der Waals surface area contributed by atoms with Gasteiger partial charge in [0.2, 0.25) is 0 Å². The quantitative estimate of drug-likeness (QED) is 0.257. The smallest absolute Gasteiger partial charge is 0.250 e. The number of aromatic nitrogens is 4. The highest BCUT2D eigenvalue weighted by Gasteiger charge is 2.23. The van der Waals surface area contributed by atoms with Crippen molar-refractivity contribution in [3.8, 4) is 5.69 Å². The fourth-order valence-corrected chi connectivity index (χ4v) is 4.49. The highest BCUT2D eigenvalue weighted by atomic mass is 32.2. The fraction of sp³-hybridized carbons (Fsp3) is 0.348. The van der Waals surface area contributed by atoms with Crippen LogP contribution in [0.5, 0.6) is 0 Å².